The third-order valence-electron chi connectivity index (χ3n) is 2.02. The Bertz CT molecular complexity index is 565. The van der Waals surface area contributed by atoms with E-state index in [1.807, 2.05) is 0 Å². The molecular formula is C8H3F5N4. The summed E-state index contributed by atoms with van der Waals surface area (Å²) in [4.78, 5) is 0. The summed E-state index contributed by atoms with van der Waals surface area (Å²) in [5.74, 6) is -10.4. The summed E-state index contributed by atoms with van der Waals surface area (Å²) in [5.41, 5.74) is -1.20. The van der Waals surface area contributed by atoms with Crippen LogP contribution < -0.4 is 0 Å². The van der Waals surface area contributed by atoms with Crippen molar-refractivity contribution in [3.05, 3.63) is 34.9 Å². The zero-order chi connectivity index (χ0) is 12.7. The standard InChI is InChI=1S/C8H3F5N4/c1-2-14-15-16-17(2)8-6(12)4(10)3(9)5(11)7(8)13/h1H3. The summed E-state index contributed by atoms with van der Waals surface area (Å²) >= 11 is 0. The third kappa shape index (κ3) is 1.54. The van der Waals surface area contributed by atoms with Gasteiger partial charge in [-0.2, -0.15) is 4.68 Å². The van der Waals surface area contributed by atoms with E-state index < -0.39 is 34.8 Å². The molecule has 2 aromatic rings. The minimum Gasteiger partial charge on any atom is -0.201 e. The van der Waals surface area contributed by atoms with E-state index in [0.29, 0.717) is 4.68 Å². The smallest absolute Gasteiger partial charge is 0.200 e. The van der Waals surface area contributed by atoms with E-state index in [2.05, 4.69) is 15.5 Å². The molecule has 0 fully saturated rings. The maximum absolute atomic E-state index is 13.3. The molecule has 0 aliphatic carbocycles. The Morgan fingerprint density at radius 3 is 1.71 bits per heavy atom. The van der Waals surface area contributed by atoms with Crippen molar-refractivity contribution >= 4 is 0 Å². The van der Waals surface area contributed by atoms with Crippen LogP contribution in [0.15, 0.2) is 0 Å². The van der Waals surface area contributed by atoms with Crippen molar-refractivity contribution in [3.63, 3.8) is 0 Å². The van der Waals surface area contributed by atoms with E-state index in [0.717, 1.165) is 0 Å². The number of nitrogens with zero attached hydrogens (tertiary/aromatic N) is 4. The van der Waals surface area contributed by atoms with E-state index in [1.54, 1.807) is 0 Å². The fourth-order valence-electron chi connectivity index (χ4n) is 1.22. The second-order valence-electron chi connectivity index (χ2n) is 3.06. The highest BCUT2D eigenvalue weighted by Crippen LogP contribution is 2.25. The normalized spacial score (nSPS) is 10.9. The molecule has 0 saturated heterocycles. The predicted octanol–water partition coefficient (Wildman–Crippen LogP) is 1.67. The van der Waals surface area contributed by atoms with Gasteiger partial charge in [-0.05, 0) is 17.4 Å². The molecule has 1 aromatic heterocycles. The molecule has 1 heterocycles. The van der Waals surface area contributed by atoms with Gasteiger partial charge >= 0.3 is 0 Å². The van der Waals surface area contributed by atoms with Crippen molar-refractivity contribution in [1.82, 2.24) is 20.2 Å². The highest BCUT2D eigenvalue weighted by Gasteiger charge is 2.28. The largest absolute Gasteiger partial charge is 0.201 e. The summed E-state index contributed by atoms with van der Waals surface area (Å²) in [7, 11) is 0. The molecule has 17 heavy (non-hydrogen) atoms. The minimum atomic E-state index is -2.23. The molecule has 90 valence electrons. The average molecular weight is 250 g/mol. The van der Waals surface area contributed by atoms with Gasteiger partial charge in [-0.25, -0.2) is 22.0 Å². The van der Waals surface area contributed by atoms with Crippen LogP contribution in [0.2, 0.25) is 0 Å². The van der Waals surface area contributed by atoms with Crippen molar-refractivity contribution in [1.29, 1.82) is 0 Å². The van der Waals surface area contributed by atoms with E-state index in [4.69, 9.17) is 0 Å². The third-order valence-corrected chi connectivity index (χ3v) is 2.02. The molecule has 0 aliphatic rings. The quantitative estimate of drug-likeness (QED) is 0.439. The second-order valence-corrected chi connectivity index (χ2v) is 3.06. The second kappa shape index (κ2) is 3.75. The van der Waals surface area contributed by atoms with E-state index in [9.17, 15) is 22.0 Å². The average Bonchev–Trinajstić information content (AvgIpc) is 2.71. The first-order valence-corrected chi connectivity index (χ1v) is 4.22. The monoisotopic (exact) mass is 250 g/mol. The Labute approximate surface area is 90.7 Å². The van der Waals surface area contributed by atoms with Crippen molar-refractivity contribution in [2.45, 2.75) is 6.92 Å². The van der Waals surface area contributed by atoms with Crippen LogP contribution in [-0.4, -0.2) is 20.2 Å². The number of hydrogen-bond acceptors (Lipinski definition) is 3. The fraction of sp³-hybridized carbons (Fsp3) is 0.125. The number of benzene rings is 1. The Kier molecular flexibility index (Phi) is 2.52. The molecule has 0 bridgehead atoms. The molecule has 4 nitrogen and oxygen atoms in total. The summed E-state index contributed by atoms with van der Waals surface area (Å²) < 4.78 is 65.6. The lowest BCUT2D eigenvalue weighted by Gasteiger charge is -2.07. The molecule has 1 aromatic carbocycles. The zero-order valence-corrected chi connectivity index (χ0v) is 8.18. The Morgan fingerprint density at radius 2 is 1.29 bits per heavy atom. The lowest BCUT2D eigenvalue weighted by atomic mass is 10.2. The summed E-state index contributed by atoms with van der Waals surface area (Å²) in [5, 5.41) is 9.48. The molecule has 0 aliphatic heterocycles. The minimum absolute atomic E-state index is 0.117. The molecule has 2 rings (SSSR count). The number of aryl methyl sites for hydroxylation is 1. The Morgan fingerprint density at radius 1 is 0.824 bits per heavy atom. The summed E-state index contributed by atoms with van der Waals surface area (Å²) in [6, 6.07) is 0. The summed E-state index contributed by atoms with van der Waals surface area (Å²) in [6.45, 7) is 1.25. The van der Waals surface area contributed by atoms with Crippen LogP contribution in [0.3, 0.4) is 0 Å². The molecule has 0 saturated carbocycles. The van der Waals surface area contributed by atoms with Gasteiger partial charge in [-0.1, -0.05) is 0 Å². The molecule has 0 amide bonds. The van der Waals surface area contributed by atoms with Gasteiger partial charge in [0.15, 0.2) is 29.1 Å². The number of aromatic nitrogens is 4. The van der Waals surface area contributed by atoms with Crippen LogP contribution in [-0.2, 0) is 0 Å². The van der Waals surface area contributed by atoms with E-state index in [1.165, 1.54) is 6.92 Å². The van der Waals surface area contributed by atoms with Crippen LogP contribution in [0.4, 0.5) is 22.0 Å². The molecular weight excluding hydrogens is 247 g/mol. The van der Waals surface area contributed by atoms with Crippen LogP contribution in [0.25, 0.3) is 5.69 Å². The summed E-state index contributed by atoms with van der Waals surface area (Å²) in [6.07, 6.45) is 0. The Balaban J connectivity index is 2.84. The number of rotatable bonds is 1. The zero-order valence-electron chi connectivity index (χ0n) is 8.18. The van der Waals surface area contributed by atoms with Gasteiger partial charge < -0.3 is 0 Å². The molecule has 0 atom stereocenters. The lowest BCUT2D eigenvalue weighted by molar-refractivity contribution is 0.373. The van der Waals surface area contributed by atoms with Gasteiger partial charge in [0.1, 0.15) is 5.69 Å². The molecule has 0 spiro atoms. The van der Waals surface area contributed by atoms with Crippen molar-refractivity contribution in [2.24, 2.45) is 0 Å². The van der Waals surface area contributed by atoms with Crippen molar-refractivity contribution in [3.8, 4) is 5.69 Å². The first kappa shape index (κ1) is 11.4. The van der Waals surface area contributed by atoms with Gasteiger partial charge in [0.05, 0.1) is 0 Å². The number of hydrogen-bond donors (Lipinski definition) is 0. The Hall–Kier alpha value is -2.06. The highest BCUT2D eigenvalue weighted by atomic mass is 19.2. The van der Waals surface area contributed by atoms with Gasteiger partial charge in [0.25, 0.3) is 0 Å². The van der Waals surface area contributed by atoms with E-state index in [-0.39, 0.29) is 5.82 Å². The number of halogens is 5. The topological polar surface area (TPSA) is 43.6 Å². The maximum Gasteiger partial charge on any atom is 0.200 e. The lowest BCUT2D eigenvalue weighted by Crippen LogP contribution is -2.12. The molecule has 0 radical (unpaired) electrons. The first-order valence-electron chi connectivity index (χ1n) is 4.22. The van der Waals surface area contributed by atoms with Crippen molar-refractivity contribution < 1.29 is 22.0 Å². The van der Waals surface area contributed by atoms with E-state index >= 15 is 0 Å². The van der Waals surface area contributed by atoms with Gasteiger partial charge in [-0.3, -0.25) is 0 Å². The van der Waals surface area contributed by atoms with Crippen molar-refractivity contribution in [2.75, 3.05) is 0 Å². The molecule has 0 unspecified atom stereocenters. The van der Waals surface area contributed by atoms with Crippen LogP contribution in [0.1, 0.15) is 5.82 Å². The SMILES string of the molecule is Cc1nnnn1-c1c(F)c(F)c(F)c(F)c1F. The van der Waals surface area contributed by atoms with Gasteiger partial charge in [0.2, 0.25) is 5.82 Å². The molecule has 0 N–H and O–H groups in total. The van der Waals surface area contributed by atoms with Crippen LogP contribution in [0.5, 0.6) is 0 Å². The van der Waals surface area contributed by atoms with Crippen LogP contribution in [0, 0.1) is 36.0 Å². The first-order chi connectivity index (χ1) is 7.95. The fourth-order valence-corrected chi connectivity index (χ4v) is 1.22. The molecule has 9 heteroatoms. The van der Waals surface area contributed by atoms with Gasteiger partial charge in [-0.15, -0.1) is 5.10 Å². The van der Waals surface area contributed by atoms with Gasteiger partial charge in [0, 0.05) is 0 Å². The number of tetrazole rings is 1. The highest BCUT2D eigenvalue weighted by molar-refractivity contribution is 5.37. The predicted molar refractivity (Wildman–Crippen MR) is 43.7 cm³/mol. The maximum atomic E-state index is 13.3. The van der Waals surface area contributed by atoms with Crippen LogP contribution >= 0.6 is 0 Å².